The molecule has 242 valence electrons. The molecule has 2 N–H and O–H groups in total. The lowest BCUT2D eigenvalue weighted by Gasteiger charge is -2.27. The van der Waals surface area contributed by atoms with Crippen LogP contribution in [-0.4, -0.2) is 62.3 Å². The molecule has 2 aliphatic heterocycles. The van der Waals surface area contributed by atoms with Crippen molar-refractivity contribution in [1.82, 2.24) is 14.8 Å². The Morgan fingerprint density at radius 2 is 1.81 bits per heavy atom. The van der Waals surface area contributed by atoms with Crippen LogP contribution in [0, 0.1) is 5.82 Å². The Hall–Kier alpha value is -5.09. The molecule has 0 saturated carbocycles. The van der Waals surface area contributed by atoms with E-state index >= 15 is 4.39 Å². The van der Waals surface area contributed by atoms with Crippen LogP contribution in [0.15, 0.2) is 71.7 Å². The summed E-state index contributed by atoms with van der Waals surface area (Å²) in [7, 11) is 5.26. The molecule has 0 bridgehead atoms. The van der Waals surface area contributed by atoms with Gasteiger partial charge in [0.05, 0.1) is 25.3 Å². The lowest BCUT2D eigenvalue weighted by molar-refractivity contribution is 0.0949. The van der Waals surface area contributed by atoms with Crippen LogP contribution in [0.2, 0.25) is 0 Å². The minimum absolute atomic E-state index is 0.0437. The molecule has 1 saturated heterocycles. The molecular formula is C37H37FN4O5. The van der Waals surface area contributed by atoms with Gasteiger partial charge in [-0.05, 0) is 85.9 Å². The first-order valence-electron chi connectivity index (χ1n) is 15.9. The highest BCUT2D eigenvalue weighted by Gasteiger charge is 2.29. The second-order valence-corrected chi connectivity index (χ2v) is 12.2. The molecule has 0 radical (unpaired) electrons. The fraction of sp³-hybridized carbons (Fsp3) is 0.297. The fourth-order valence-electron chi connectivity index (χ4n) is 6.79. The number of halogens is 1. The summed E-state index contributed by atoms with van der Waals surface area (Å²) in [6.45, 7) is 1.86. The summed E-state index contributed by atoms with van der Waals surface area (Å²) in [5.41, 5.74) is 1.58. The average molecular weight is 637 g/mol. The van der Waals surface area contributed by atoms with E-state index in [1.54, 1.807) is 25.0 Å². The minimum atomic E-state index is -0.644. The van der Waals surface area contributed by atoms with E-state index in [1.807, 2.05) is 54.6 Å². The van der Waals surface area contributed by atoms with Gasteiger partial charge < -0.3 is 34.3 Å². The van der Waals surface area contributed by atoms with Crippen LogP contribution in [0.4, 0.5) is 10.1 Å². The number of nitrogens with one attached hydrogen (secondary N) is 2. The molecule has 0 spiro atoms. The van der Waals surface area contributed by atoms with Crippen LogP contribution in [0.1, 0.15) is 35.2 Å². The maximum Gasteiger partial charge on any atom is 0.256 e. The molecular weight excluding hydrogens is 599 g/mol. The summed E-state index contributed by atoms with van der Waals surface area (Å²) in [4.78, 5) is 29.6. The van der Waals surface area contributed by atoms with Gasteiger partial charge in [-0.25, -0.2) is 4.39 Å². The van der Waals surface area contributed by atoms with Gasteiger partial charge in [0, 0.05) is 25.3 Å². The Morgan fingerprint density at radius 1 is 1.02 bits per heavy atom. The first-order chi connectivity index (χ1) is 22.9. The van der Waals surface area contributed by atoms with Gasteiger partial charge in [-0.15, -0.1) is 0 Å². The second kappa shape index (κ2) is 12.6. The standard InChI is InChI=1S/C37H37FN4O5/c1-41-16-6-9-25(41)13-15-40-37(44)27-21-42-29-18-23-7-4-5-8-24(23)19-31(29)47-36-33(28(38)20-26(34(36)42)35(27)43)39-14-12-22-10-11-30(45-2)32(17-22)46-3/h4-5,7-8,10-11,17-21,25,39H,6,9,12-16H2,1-3H3,(H,40,44). The number of rotatable bonds is 10. The van der Waals surface area contributed by atoms with Crippen molar-refractivity contribution in [3.05, 3.63) is 94.0 Å². The van der Waals surface area contributed by atoms with Crippen molar-refractivity contribution in [3.8, 4) is 28.7 Å². The number of hydrogen-bond acceptors (Lipinski definition) is 7. The second-order valence-electron chi connectivity index (χ2n) is 12.2. The van der Waals surface area contributed by atoms with Gasteiger partial charge in [0.2, 0.25) is 5.43 Å². The number of benzene rings is 4. The van der Waals surface area contributed by atoms with E-state index in [-0.39, 0.29) is 22.4 Å². The van der Waals surface area contributed by atoms with Gasteiger partial charge in [-0.2, -0.15) is 0 Å². The zero-order valence-electron chi connectivity index (χ0n) is 26.7. The van der Waals surface area contributed by atoms with E-state index in [0.29, 0.717) is 54.0 Å². The van der Waals surface area contributed by atoms with Crippen molar-refractivity contribution in [2.45, 2.75) is 31.7 Å². The molecule has 9 nitrogen and oxygen atoms in total. The quantitative estimate of drug-likeness (QED) is 0.183. The van der Waals surface area contributed by atoms with Crippen LogP contribution in [0.25, 0.3) is 27.4 Å². The third kappa shape index (κ3) is 5.63. The van der Waals surface area contributed by atoms with E-state index in [9.17, 15) is 9.59 Å². The van der Waals surface area contributed by atoms with Gasteiger partial charge in [0.1, 0.15) is 16.8 Å². The zero-order valence-corrected chi connectivity index (χ0v) is 26.7. The predicted molar refractivity (Wildman–Crippen MR) is 181 cm³/mol. The van der Waals surface area contributed by atoms with Crippen LogP contribution in [-0.2, 0) is 6.42 Å². The number of nitrogens with zero attached hydrogens (tertiary/aromatic N) is 2. The number of ether oxygens (including phenoxy) is 3. The zero-order chi connectivity index (χ0) is 32.7. The summed E-state index contributed by atoms with van der Waals surface area (Å²) in [6, 6.07) is 19.0. The van der Waals surface area contributed by atoms with Crippen molar-refractivity contribution in [1.29, 1.82) is 0 Å². The topological polar surface area (TPSA) is 94.1 Å². The number of fused-ring (bicyclic) bond motifs is 3. The fourth-order valence-corrected chi connectivity index (χ4v) is 6.79. The first kappa shape index (κ1) is 30.6. The Kier molecular flexibility index (Phi) is 8.19. The third-order valence-corrected chi connectivity index (χ3v) is 9.34. The van der Waals surface area contributed by atoms with Crippen LogP contribution in [0.5, 0.6) is 23.0 Å². The molecule has 1 unspecified atom stereocenters. The van der Waals surface area contributed by atoms with Crippen molar-refractivity contribution < 1.29 is 23.4 Å². The molecule has 1 aromatic heterocycles. The monoisotopic (exact) mass is 636 g/mol. The molecule has 47 heavy (non-hydrogen) atoms. The Labute approximate surface area is 271 Å². The van der Waals surface area contributed by atoms with Crippen molar-refractivity contribution >= 4 is 33.3 Å². The average Bonchev–Trinajstić information content (AvgIpc) is 3.49. The normalized spacial score (nSPS) is 15.4. The maximum absolute atomic E-state index is 16.0. The molecule has 1 amide bonds. The highest BCUT2D eigenvalue weighted by molar-refractivity contribution is 6.02. The number of likely N-dealkylation sites (tertiary alicyclic amines) is 1. The Balaban J connectivity index is 1.27. The number of hydrogen-bond donors (Lipinski definition) is 2. The maximum atomic E-state index is 16.0. The number of aromatic nitrogens is 1. The predicted octanol–water partition coefficient (Wildman–Crippen LogP) is 6.27. The van der Waals surface area contributed by atoms with E-state index in [4.69, 9.17) is 14.2 Å². The van der Waals surface area contributed by atoms with E-state index < -0.39 is 17.2 Å². The third-order valence-electron chi connectivity index (χ3n) is 9.34. The molecule has 5 aromatic rings. The molecule has 10 heteroatoms. The lowest BCUT2D eigenvalue weighted by Crippen LogP contribution is -2.34. The summed E-state index contributed by atoms with van der Waals surface area (Å²) < 4.78 is 35.0. The highest BCUT2D eigenvalue weighted by atomic mass is 19.1. The number of carbonyl (C=O) groups is 1. The van der Waals surface area contributed by atoms with E-state index in [2.05, 4.69) is 22.6 Å². The summed E-state index contributed by atoms with van der Waals surface area (Å²) in [6.07, 6.45) is 5.14. The number of carbonyl (C=O) groups excluding carboxylic acids is 1. The number of anilines is 1. The summed E-state index contributed by atoms with van der Waals surface area (Å²) >= 11 is 0. The number of pyridine rings is 1. The van der Waals surface area contributed by atoms with Gasteiger partial charge in [-0.1, -0.05) is 30.3 Å². The Morgan fingerprint density at radius 3 is 2.55 bits per heavy atom. The summed E-state index contributed by atoms with van der Waals surface area (Å²) in [5, 5.41) is 8.14. The number of amides is 1. The Bertz CT molecular complexity index is 2080. The molecule has 4 aromatic carbocycles. The van der Waals surface area contributed by atoms with Crippen LogP contribution >= 0.6 is 0 Å². The van der Waals surface area contributed by atoms with Crippen molar-refractivity contribution in [2.24, 2.45) is 0 Å². The van der Waals surface area contributed by atoms with Gasteiger partial charge >= 0.3 is 0 Å². The number of methoxy groups -OCH3 is 2. The van der Waals surface area contributed by atoms with Gasteiger partial charge in [0.25, 0.3) is 5.91 Å². The smallest absolute Gasteiger partial charge is 0.256 e. The molecule has 1 fully saturated rings. The van der Waals surface area contributed by atoms with Gasteiger partial charge in [0.15, 0.2) is 28.8 Å². The van der Waals surface area contributed by atoms with E-state index in [0.717, 1.165) is 42.1 Å². The molecule has 2 aliphatic rings. The summed E-state index contributed by atoms with van der Waals surface area (Å²) in [5.74, 6) is 0.803. The van der Waals surface area contributed by atoms with E-state index in [1.165, 1.54) is 6.07 Å². The molecule has 3 heterocycles. The van der Waals surface area contributed by atoms with Crippen molar-refractivity contribution in [3.63, 3.8) is 0 Å². The van der Waals surface area contributed by atoms with Gasteiger partial charge in [-0.3, -0.25) is 9.59 Å². The first-order valence-corrected chi connectivity index (χ1v) is 15.9. The molecule has 7 rings (SSSR count). The van der Waals surface area contributed by atoms with Crippen LogP contribution in [0.3, 0.4) is 0 Å². The van der Waals surface area contributed by atoms with Crippen molar-refractivity contribution in [2.75, 3.05) is 46.2 Å². The molecule has 0 aliphatic carbocycles. The minimum Gasteiger partial charge on any atom is -0.493 e. The SMILES string of the molecule is COc1ccc(CCNc2c(F)cc3c(=O)c(C(=O)NCCC4CCCN4C)cn4c3c2Oc2cc3ccccc3cc2-4)cc1OC. The molecule has 1 atom stereocenters. The van der Waals surface area contributed by atoms with Crippen LogP contribution < -0.4 is 30.3 Å². The lowest BCUT2D eigenvalue weighted by atomic mass is 10.0. The largest absolute Gasteiger partial charge is 0.493 e. The highest BCUT2D eigenvalue weighted by Crippen LogP contribution is 2.46.